The second-order valence-electron chi connectivity index (χ2n) is 7.54. The van der Waals surface area contributed by atoms with E-state index in [0.717, 1.165) is 38.0 Å². The molecule has 0 unspecified atom stereocenters. The van der Waals surface area contributed by atoms with Crippen molar-refractivity contribution in [1.82, 2.24) is 0 Å². The smallest absolute Gasteiger partial charge is 0.311 e. The molecule has 0 spiro atoms. The normalized spacial score (nSPS) is 11.2. The molecule has 1 heterocycles. The predicted octanol–water partition coefficient (Wildman–Crippen LogP) is 6.08. The lowest BCUT2D eigenvalue weighted by Crippen LogP contribution is -2.14. The third kappa shape index (κ3) is 13.1. The lowest BCUT2D eigenvalue weighted by Gasteiger charge is -2.04. The van der Waals surface area contributed by atoms with E-state index >= 15 is 0 Å². The average Bonchev–Trinajstić information content (AvgIpc) is 2.72. The Balaban J connectivity index is 1.96. The molecule has 1 rings (SSSR count). The number of esters is 1. The van der Waals surface area contributed by atoms with Gasteiger partial charge in [-0.05, 0) is 32.1 Å². The first-order valence-corrected chi connectivity index (χ1v) is 11.3. The maximum Gasteiger partial charge on any atom is 0.311 e. The van der Waals surface area contributed by atoms with Crippen LogP contribution in [0.1, 0.15) is 103 Å². The summed E-state index contributed by atoms with van der Waals surface area (Å²) in [5.41, 5.74) is -0.460. The van der Waals surface area contributed by atoms with E-state index in [0.29, 0.717) is 6.42 Å². The Morgan fingerprint density at radius 1 is 0.966 bits per heavy atom. The minimum Gasteiger partial charge on any atom is -0.463 e. The number of carbonyl (C=O) groups excluding carboxylic acids is 1. The van der Waals surface area contributed by atoms with Crippen LogP contribution in [-0.4, -0.2) is 11.1 Å². The Kier molecular flexibility index (Phi) is 14.8. The van der Waals surface area contributed by atoms with Gasteiger partial charge in [0.25, 0.3) is 0 Å². The van der Waals surface area contributed by atoms with Crippen molar-refractivity contribution < 1.29 is 19.1 Å². The summed E-state index contributed by atoms with van der Waals surface area (Å²) in [6, 6.07) is 1.13. The zero-order valence-electron chi connectivity index (χ0n) is 18.0. The molecule has 0 atom stereocenters. The molecule has 0 aliphatic heterocycles. The number of rotatable bonds is 17. The monoisotopic (exact) mass is 406 g/mol. The maximum atomic E-state index is 11.8. The molecule has 0 saturated carbocycles. The highest BCUT2D eigenvalue weighted by Gasteiger charge is 2.09. The third-order valence-electron chi connectivity index (χ3n) is 4.87. The van der Waals surface area contributed by atoms with Crippen LogP contribution in [0.2, 0.25) is 0 Å². The van der Waals surface area contributed by atoms with Crippen LogP contribution >= 0.6 is 0 Å². The lowest BCUT2D eigenvalue weighted by atomic mass is 10.1. The van der Waals surface area contributed by atoms with E-state index in [1.54, 1.807) is 0 Å². The van der Waals surface area contributed by atoms with Crippen molar-refractivity contribution in [3.8, 4) is 5.75 Å². The first-order chi connectivity index (χ1) is 14.2. The molecular formula is C24H38O5. The molecule has 1 aromatic rings. The second-order valence-corrected chi connectivity index (χ2v) is 7.54. The highest BCUT2D eigenvalue weighted by atomic mass is 16.5. The summed E-state index contributed by atoms with van der Waals surface area (Å²) < 4.78 is 10.0. The number of aliphatic hydroxyl groups excluding tert-OH is 1. The summed E-state index contributed by atoms with van der Waals surface area (Å²) in [5.74, 6) is -0.404. The van der Waals surface area contributed by atoms with Crippen molar-refractivity contribution in [1.29, 1.82) is 0 Å². The number of hydrogen-bond acceptors (Lipinski definition) is 5. The zero-order chi connectivity index (χ0) is 21.2. The first kappa shape index (κ1) is 25.2. The Bertz CT molecular complexity index is 632. The van der Waals surface area contributed by atoms with Gasteiger partial charge in [0, 0.05) is 12.5 Å². The first-order valence-electron chi connectivity index (χ1n) is 11.3. The summed E-state index contributed by atoms with van der Waals surface area (Å²) in [7, 11) is 0. The number of ether oxygens (including phenoxy) is 1. The molecule has 0 bridgehead atoms. The Morgan fingerprint density at radius 2 is 1.55 bits per heavy atom. The molecule has 164 valence electrons. The van der Waals surface area contributed by atoms with Gasteiger partial charge in [0.15, 0.2) is 0 Å². The topological polar surface area (TPSA) is 76.7 Å². The molecule has 0 aliphatic carbocycles. The summed E-state index contributed by atoms with van der Waals surface area (Å²) in [6.07, 6.45) is 21.6. The molecule has 0 aliphatic rings. The van der Waals surface area contributed by atoms with Crippen molar-refractivity contribution in [2.75, 3.05) is 0 Å². The van der Waals surface area contributed by atoms with E-state index in [4.69, 9.17) is 14.3 Å². The summed E-state index contributed by atoms with van der Waals surface area (Å²) in [5, 5.41) is 8.89. The largest absolute Gasteiger partial charge is 0.463 e. The fraction of sp³-hybridized carbons (Fsp3) is 0.667. The Hall–Kier alpha value is -1.88. The molecule has 5 nitrogen and oxygen atoms in total. The lowest BCUT2D eigenvalue weighted by molar-refractivity contribution is -0.134. The predicted molar refractivity (Wildman–Crippen MR) is 116 cm³/mol. The highest BCUT2D eigenvalue weighted by Crippen LogP contribution is 2.11. The van der Waals surface area contributed by atoms with E-state index in [-0.39, 0.29) is 18.1 Å². The van der Waals surface area contributed by atoms with Crippen LogP contribution in [0.15, 0.2) is 33.7 Å². The molecule has 1 aromatic heterocycles. The van der Waals surface area contributed by atoms with Gasteiger partial charge >= 0.3 is 5.97 Å². The second kappa shape index (κ2) is 17.0. The van der Waals surface area contributed by atoms with E-state index in [2.05, 4.69) is 19.1 Å². The molecule has 0 amide bonds. The van der Waals surface area contributed by atoms with Crippen molar-refractivity contribution in [2.45, 2.75) is 103 Å². The number of aliphatic hydroxyl groups is 1. The van der Waals surface area contributed by atoms with Gasteiger partial charge in [0.05, 0.1) is 0 Å². The summed E-state index contributed by atoms with van der Waals surface area (Å²) in [4.78, 5) is 23.5. The number of unbranched alkanes of at least 4 members (excludes halogenated alkanes) is 11. The van der Waals surface area contributed by atoms with Crippen LogP contribution in [0.4, 0.5) is 0 Å². The Labute approximate surface area is 175 Å². The van der Waals surface area contributed by atoms with Crippen LogP contribution in [0.5, 0.6) is 5.75 Å². The number of hydrogen-bond donors (Lipinski definition) is 1. The van der Waals surface area contributed by atoms with Gasteiger partial charge in [-0.15, -0.1) is 0 Å². The van der Waals surface area contributed by atoms with Crippen LogP contribution in [0.25, 0.3) is 0 Å². The van der Waals surface area contributed by atoms with Crippen molar-refractivity contribution in [3.63, 3.8) is 0 Å². The minimum atomic E-state index is -0.460. The zero-order valence-corrected chi connectivity index (χ0v) is 18.0. The van der Waals surface area contributed by atoms with Gasteiger partial charge in [0.2, 0.25) is 11.2 Å². The van der Waals surface area contributed by atoms with Gasteiger partial charge in [-0.3, -0.25) is 9.59 Å². The van der Waals surface area contributed by atoms with Crippen molar-refractivity contribution in [2.24, 2.45) is 0 Å². The number of carbonyl (C=O) groups is 1. The minimum absolute atomic E-state index is 0.125. The average molecular weight is 407 g/mol. The highest BCUT2D eigenvalue weighted by molar-refractivity contribution is 5.72. The quantitative estimate of drug-likeness (QED) is 0.193. The van der Waals surface area contributed by atoms with Crippen molar-refractivity contribution >= 4 is 5.97 Å². The molecule has 5 heteroatoms. The van der Waals surface area contributed by atoms with Gasteiger partial charge in [-0.1, -0.05) is 70.4 Å². The van der Waals surface area contributed by atoms with Crippen LogP contribution in [-0.2, 0) is 11.4 Å². The molecule has 0 aromatic carbocycles. The standard InChI is InChI=1S/C24H38O5/c1-2-3-4-5-6-7-8-9-10-11-12-13-14-15-16-17-24(27)29-23-20-28-21(19-25)18-22(23)26/h9-10,18,20,25H,2-8,11-17,19H2,1H3/b10-9-. The fourth-order valence-corrected chi connectivity index (χ4v) is 3.11. The van der Waals surface area contributed by atoms with Crippen LogP contribution < -0.4 is 10.2 Å². The molecule has 0 radical (unpaired) electrons. The van der Waals surface area contributed by atoms with Gasteiger partial charge in [-0.2, -0.15) is 0 Å². The van der Waals surface area contributed by atoms with Crippen LogP contribution in [0.3, 0.4) is 0 Å². The van der Waals surface area contributed by atoms with Crippen LogP contribution in [0, 0.1) is 0 Å². The van der Waals surface area contributed by atoms with Crippen molar-refractivity contribution in [3.05, 3.63) is 40.5 Å². The molecule has 0 saturated heterocycles. The van der Waals surface area contributed by atoms with E-state index < -0.39 is 11.4 Å². The van der Waals surface area contributed by atoms with Gasteiger partial charge in [-0.25, -0.2) is 0 Å². The molecular weight excluding hydrogens is 368 g/mol. The third-order valence-corrected chi connectivity index (χ3v) is 4.87. The van der Waals surface area contributed by atoms with Gasteiger partial charge in [0.1, 0.15) is 18.6 Å². The van der Waals surface area contributed by atoms with E-state index in [1.165, 1.54) is 57.8 Å². The van der Waals surface area contributed by atoms with E-state index in [1.807, 2.05) is 0 Å². The van der Waals surface area contributed by atoms with E-state index in [9.17, 15) is 9.59 Å². The molecule has 29 heavy (non-hydrogen) atoms. The maximum absolute atomic E-state index is 11.8. The SMILES string of the molecule is CCCCCCCC/C=C\CCCCCCCC(=O)Oc1coc(CO)cc1=O. The number of allylic oxidation sites excluding steroid dienone is 2. The summed E-state index contributed by atoms with van der Waals surface area (Å²) in [6.45, 7) is 1.89. The van der Waals surface area contributed by atoms with Gasteiger partial charge < -0.3 is 14.3 Å². The Morgan fingerprint density at radius 3 is 2.14 bits per heavy atom. The molecule has 1 N–H and O–H groups in total. The molecule has 0 fully saturated rings. The fourth-order valence-electron chi connectivity index (χ4n) is 3.11. The summed E-state index contributed by atoms with van der Waals surface area (Å²) >= 11 is 0.